The van der Waals surface area contributed by atoms with Gasteiger partial charge in [0, 0.05) is 27.2 Å². The van der Waals surface area contributed by atoms with Crippen LogP contribution in [0.5, 0.6) is 0 Å². The van der Waals surface area contributed by atoms with Crippen molar-refractivity contribution in [2.24, 2.45) is 5.73 Å². The van der Waals surface area contributed by atoms with Gasteiger partial charge < -0.3 is 10.6 Å². The van der Waals surface area contributed by atoms with Gasteiger partial charge in [-0.2, -0.15) is 0 Å². The first-order valence-corrected chi connectivity index (χ1v) is 7.45. The lowest BCUT2D eigenvalue weighted by molar-refractivity contribution is 0.0708. The summed E-state index contributed by atoms with van der Waals surface area (Å²) in [5.41, 5.74) is 6.63. The largest absolute Gasteiger partial charge is 0.337 e. The van der Waals surface area contributed by atoms with Crippen LogP contribution in [0, 0.1) is 3.57 Å². The van der Waals surface area contributed by atoms with Crippen molar-refractivity contribution >= 4 is 44.4 Å². The van der Waals surface area contributed by atoms with Gasteiger partial charge in [0.2, 0.25) is 0 Å². The normalized spacial score (nSPS) is 20.4. The highest BCUT2D eigenvalue weighted by Crippen LogP contribution is 2.25. The molecule has 1 aliphatic rings. The van der Waals surface area contributed by atoms with Gasteiger partial charge >= 0.3 is 0 Å². The Balaban J connectivity index is 2.22. The number of likely N-dealkylation sites (tertiary alicyclic amines) is 1. The van der Waals surface area contributed by atoms with Crippen molar-refractivity contribution in [2.75, 3.05) is 13.1 Å². The number of hydrogen-bond acceptors (Lipinski definition) is 2. The molecule has 5 heteroatoms. The van der Waals surface area contributed by atoms with Crippen LogP contribution in [0.4, 0.5) is 0 Å². The zero-order chi connectivity index (χ0) is 12.4. The summed E-state index contributed by atoms with van der Waals surface area (Å²) >= 11 is 5.69. The van der Waals surface area contributed by atoms with Crippen LogP contribution < -0.4 is 5.73 Å². The maximum atomic E-state index is 12.4. The van der Waals surface area contributed by atoms with Crippen molar-refractivity contribution < 1.29 is 4.79 Å². The molecular formula is C12H14BrIN2O. The van der Waals surface area contributed by atoms with Gasteiger partial charge in [0.1, 0.15) is 0 Å². The lowest BCUT2D eigenvalue weighted by Crippen LogP contribution is -2.45. The first kappa shape index (κ1) is 13.3. The van der Waals surface area contributed by atoms with Crippen LogP contribution >= 0.6 is 38.5 Å². The molecule has 1 unspecified atom stereocenters. The Morgan fingerprint density at radius 2 is 2.29 bits per heavy atom. The van der Waals surface area contributed by atoms with E-state index in [1.807, 2.05) is 23.1 Å². The topological polar surface area (TPSA) is 46.3 Å². The van der Waals surface area contributed by atoms with Crippen molar-refractivity contribution in [2.45, 2.75) is 18.9 Å². The van der Waals surface area contributed by atoms with Crippen molar-refractivity contribution in [1.82, 2.24) is 4.90 Å². The number of halogens is 2. The van der Waals surface area contributed by atoms with Crippen LogP contribution in [0.2, 0.25) is 0 Å². The van der Waals surface area contributed by atoms with Crippen LogP contribution in [0.1, 0.15) is 23.2 Å². The fourth-order valence-electron chi connectivity index (χ4n) is 2.03. The van der Waals surface area contributed by atoms with Crippen molar-refractivity contribution in [3.8, 4) is 0 Å². The number of nitrogens with two attached hydrogens (primary N) is 1. The van der Waals surface area contributed by atoms with E-state index in [4.69, 9.17) is 5.73 Å². The molecule has 0 radical (unpaired) electrons. The molecule has 0 saturated carbocycles. The van der Waals surface area contributed by atoms with Crippen LogP contribution in [0.15, 0.2) is 22.7 Å². The minimum atomic E-state index is 0.0746. The van der Waals surface area contributed by atoms with E-state index in [1.54, 1.807) is 0 Å². The average molecular weight is 409 g/mol. The Kier molecular flexibility index (Phi) is 4.43. The minimum Gasteiger partial charge on any atom is -0.337 e. The summed E-state index contributed by atoms with van der Waals surface area (Å²) < 4.78 is 1.93. The third-order valence-electron chi connectivity index (χ3n) is 2.93. The van der Waals surface area contributed by atoms with E-state index in [9.17, 15) is 4.79 Å². The minimum absolute atomic E-state index is 0.0746. The molecular weight excluding hydrogens is 395 g/mol. The lowest BCUT2D eigenvalue weighted by Gasteiger charge is -2.31. The number of amides is 1. The first-order chi connectivity index (χ1) is 8.09. The van der Waals surface area contributed by atoms with E-state index >= 15 is 0 Å². The number of rotatable bonds is 1. The second-order valence-corrected chi connectivity index (χ2v) is 6.21. The molecule has 1 amide bonds. The van der Waals surface area contributed by atoms with E-state index in [2.05, 4.69) is 38.5 Å². The summed E-state index contributed by atoms with van der Waals surface area (Å²) in [4.78, 5) is 14.2. The van der Waals surface area contributed by atoms with Crippen LogP contribution in [-0.4, -0.2) is 29.9 Å². The highest BCUT2D eigenvalue weighted by atomic mass is 127. The van der Waals surface area contributed by atoms with Gasteiger partial charge in [-0.05, 0) is 63.5 Å². The number of nitrogens with zero attached hydrogens (tertiary/aromatic N) is 1. The predicted octanol–water partition coefficient (Wildman–Crippen LogP) is 2.62. The van der Waals surface area contributed by atoms with Crippen LogP contribution in [0.3, 0.4) is 0 Å². The third-order valence-corrected chi connectivity index (χ3v) is 5.42. The van der Waals surface area contributed by atoms with Crippen molar-refractivity contribution in [3.05, 3.63) is 31.8 Å². The molecule has 17 heavy (non-hydrogen) atoms. The summed E-state index contributed by atoms with van der Waals surface area (Å²) in [5.74, 6) is 0.0746. The first-order valence-electron chi connectivity index (χ1n) is 5.58. The molecule has 2 rings (SSSR count). The Labute approximate surface area is 123 Å². The highest BCUT2D eigenvalue weighted by molar-refractivity contribution is 14.1. The molecule has 3 nitrogen and oxygen atoms in total. The predicted molar refractivity (Wildman–Crippen MR) is 80.0 cm³/mol. The molecule has 1 aliphatic heterocycles. The molecule has 0 spiro atoms. The maximum absolute atomic E-state index is 12.4. The molecule has 2 N–H and O–H groups in total. The Morgan fingerprint density at radius 3 is 3.00 bits per heavy atom. The van der Waals surface area contributed by atoms with Gasteiger partial charge in [-0.3, -0.25) is 4.79 Å². The molecule has 1 saturated heterocycles. The van der Waals surface area contributed by atoms with Crippen molar-refractivity contribution in [1.29, 1.82) is 0 Å². The highest BCUT2D eigenvalue weighted by Gasteiger charge is 2.23. The van der Waals surface area contributed by atoms with E-state index in [0.717, 1.165) is 33.0 Å². The zero-order valence-corrected chi connectivity index (χ0v) is 13.1. The molecule has 0 bridgehead atoms. The summed E-state index contributed by atoms with van der Waals surface area (Å²) in [6.07, 6.45) is 2.01. The van der Waals surface area contributed by atoms with Gasteiger partial charge in [0.25, 0.3) is 5.91 Å². The molecule has 0 aliphatic carbocycles. The molecule has 92 valence electrons. The second kappa shape index (κ2) is 5.67. The summed E-state index contributed by atoms with van der Waals surface area (Å²) in [7, 11) is 0. The molecule has 1 aromatic rings. The average Bonchev–Trinajstić information content (AvgIpc) is 2.32. The quantitative estimate of drug-likeness (QED) is 0.726. The monoisotopic (exact) mass is 408 g/mol. The van der Waals surface area contributed by atoms with Gasteiger partial charge in [-0.25, -0.2) is 0 Å². The molecule has 1 heterocycles. The standard InChI is InChI=1S/C12H14BrIN2O/c13-11-9(4-1-5-10(11)14)12(17)16-6-2-3-8(15)7-16/h1,4-5,8H,2-3,6-7,15H2. The number of hydrogen-bond donors (Lipinski definition) is 1. The number of benzene rings is 1. The van der Waals surface area contributed by atoms with Gasteiger partial charge in [-0.1, -0.05) is 6.07 Å². The molecule has 1 aromatic carbocycles. The molecule has 1 atom stereocenters. The van der Waals surface area contributed by atoms with Crippen LogP contribution in [0.25, 0.3) is 0 Å². The van der Waals surface area contributed by atoms with Crippen molar-refractivity contribution in [3.63, 3.8) is 0 Å². The smallest absolute Gasteiger partial charge is 0.255 e. The number of piperidine rings is 1. The molecule has 0 aromatic heterocycles. The Bertz CT molecular complexity index is 439. The molecule has 1 fully saturated rings. The summed E-state index contributed by atoms with van der Waals surface area (Å²) in [6.45, 7) is 1.47. The van der Waals surface area contributed by atoms with E-state index in [0.29, 0.717) is 6.54 Å². The Morgan fingerprint density at radius 1 is 1.53 bits per heavy atom. The van der Waals surface area contributed by atoms with E-state index < -0.39 is 0 Å². The van der Waals surface area contributed by atoms with Gasteiger partial charge in [-0.15, -0.1) is 0 Å². The van der Waals surface area contributed by atoms with Gasteiger partial charge in [0.05, 0.1) is 5.56 Å². The maximum Gasteiger partial charge on any atom is 0.255 e. The fraction of sp³-hybridized carbons (Fsp3) is 0.417. The lowest BCUT2D eigenvalue weighted by atomic mass is 10.1. The summed E-state index contributed by atoms with van der Waals surface area (Å²) in [6, 6.07) is 5.86. The third kappa shape index (κ3) is 3.00. The zero-order valence-electron chi connectivity index (χ0n) is 9.33. The van der Waals surface area contributed by atoms with E-state index in [1.165, 1.54) is 0 Å². The van der Waals surface area contributed by atoms with Crippen LogP contribution in [-0.2, 0) is 0 Å². The Hall–Kier alpha value is -0.140. The number of carbonyl (C=O) groups excluding carboxylic acids is 1. The second-order valence-electron chi connectivity index (χ2n) is 4.25. The summed E-state index contributed by atoms with van der Waals surface area (Å²) in [5, 5.41) is 0. The fourth-order valence-corrected chi connectivity index (χ4v) is 2.97. The van der Waals surface area contributed by atoms with E-state index in [-0.39, 0.29) is 11.9 Å². The van der Waals surface area contributed by atoms with Gasteiger partial charge in [0.15, 0.2) is 0 Å². The SMILES string of the molecule is NC1CCCN(C(=O)c2cccc(I)c2Br)C1. The number of carbonyl (C=O) groups is 1.